The fraction of sp³-hybridized carbons (Fsp3) is 0.286. The van der Waals surface area contributed by atoms with E-state index in [9.17, 15) is 40.5 Å². The molecule has 2 heterocycles. The summed E-state index contributed by atoms with van der Waals surface area (Å²) in [5.74, 6) is -1.47. The second kappa shape index (κ2) is 8.30. The second-order valence-electron chi connectivity index (χ2n) is 7.31. The average Bonchev–Trinajstić information content (AvgIpc) is 2.76. The normalized spacial score (nSPS) is 25.7. The summed E-state index contributed by atoms with van der Waals surface area (Å²) in [5, 5.41) is 69.0. The predicted octanol–water partition coefficient (Wildman–Crippen LogP) is -0.293. The smallest absolute Gasteiger partial charge is 0.229 e. The van der Waals surface area contributed by atoms with Crippen molar-refractivity contribution in [1.82, 2.24) is 0 Å². The van der Waals surface area contributed by atoms with Gasteiger partial charge in [0.05, 0.1) is 12.2 Å². The number of benzene rings is 2. The number of aliphatic hydroxyl groups is 4. The summed E-state index contributed by atoms with van der Waals surface area (Å²) in [6.45, 7) is -0.661. The van der Waals surface area contributed by atoms with E-state index >= 15 is 0 Å². The van der Waals surface area contributed by atoms with Crippen LogP contribution in [0, 0.1) is 0 Å². The summed E-state index contributed by atoms with van der Waals surface area (Å²) in [7, 11) is 0. The van der Waals surface area contributed by atoms with Gasteiger partial charge in [-0.05, 0) is 24.3 Å². The number of hydrogen-bond acceptors (Lipinski definition) is 11. The van der Waals surface area contributed by atoms with Crippen LogP contribution in [0.25, 0.3) is 22.6 Å². The maximum Gasteiger partial charge on any atom is 0.229 e. The molecular formula is C21H20O11. The van der Waals surface area contributed by atoms with E-state index in [4.69, 9.17) is 13.9 Å². The number of phenols is 2. The molecule has 1 fully saturated rings. The Morgan fingerprint density at radius 2 is 1.62 bits per heavy atom. The quantitative estimate of drug-likeness (QED) is 0.260. The van der Waals surface area contributed by atoms with Crippen molar-refractivity contribution in [2.45, 2.75) is 30.7 Å². The molecule has 4 rings (SSSR count). The third-order valence-electron chi connectivity index (χ3n) is 5.13. The molecule has 32 heavy (non-hydrogen) atoms. The summed E-state index contributed by atoms with van der Waals surface area (Å²) in [6.07, 6.45) is -7.73. The zero-order valence-electron chi connectivity index (χ0n) is 16.3. The summed E-state index contributed by atoms with van der Waals surface area (Å²) >= 11 is 0. The van der Waals surface area contributed by atoms with Crippen LogP contribution >= 0.6 is 0 Å². The Morgan fingerprint density at radius 3 is 2.31 bits per heavy atom. The molecule has 170 valence electrons. The first-order valence-corrected chi connectivity index (χ1v) is 9.50. The van der Waals surface area contributed by atoms with Gasteiger partial charge in [-0.1, -0.05) is 0 Å². The third kappa shape index (κ3) is 3.83. The van der Waals surface area contributed by atoms with E-state index in [1.54, 1.807) is 0 Å². The van der Waals surface area contributed by atoms with Gasteiger partial charge in [-0.3, -0.25) is 4.79 Å². The molecule has 7 N–H and O–H groups in total. The number of aliphatic hydroxyl groups excluding tert-OH is 4. The summed E-state index contributed by atoms with van der Waals surface area (Å²) in [6, 6.07) is 7.12. The van der Waals surface area contributed by atoms with Gasteiger partial charge in [-0.2, -0.15) is 0 Å². The molecule has 1 saturated heterocycles. The Bertz CT molecular complexity index is 1150. The molecule has 5 atom stereocenters. The van der Waals surface area contributed by atoms with Crippen LogP contribution in [0.2, 0.25) is 0 Å². The van der Waals surface area contributed by atoms with Gasteiger partial charge in [0, 0.05) is 17.7 Å². The number of phenolic OH excluding ortho intramolecular Hbond substituents is 2. The second-order valence-corrected chi connectivity index (χ2v) is 7.31. The number of fused-ring (bicyclic) bond motifs is 1. The molecule has 3 aliphatic rings. The highest BCUT2D eigenvalue weighted by Crippen LogP contribution is 2.42. The Morgan fingerprint density at radius 1 is 0.875 bits per heavy atom. The Labute approximate surface area is 179 Å². The van der Waals surface area contributed by atoms with Crippen LogP contribution in [-0.2, 0) is 4.74 Å². The van der Waals surface area contributed by atoms with Gasteiger partial charge >= 0.3 is 0 Å². The summed E-state index contributed by atoms with van der Waals surface area (Å²) in [5.41, 5.74) is -0.218. The van der Waals surface area contributed by atoms with Gasteiger partial charge in [-0.15, -0.1) is 0 Å². The van der Waals surface area contributed by atoms with Crippen molar-refractivity contribution in [3.8, 4) is 45.6 Å². The SMILES string of the molecule is O=c1cc2oc(-c3ccc(O)c(O)c3)c(O)cc-2c(O[C@@H]2O[C@H](CO)[C@@H](O)[C@H](O)[C@H]2O)c1. The number of rotatable bonds is 4. The van der Waals surface area contributed by atoms with Gasteiger partial charge < -0.3 is 49.6 Å². The molecule has 1 aromatic rings. The predicted molar refractivity (Wildman–Crippen MR) is 106 cm³/mol. The van der Waals surface area contributed by atoms with Crippen molar-refractivity contribution in [3.05, 3.63) is 46.6 Å². The minimum atomic E-state index is -1.71. The van der Waals surface area contributed by atoms with Crippen LogP contribution in [-0.4, -0.2) is 73.1 Å². The first-order valence-electron chi connectivity index (χ1n) is 9.50. The van der Waals surface area contributed by atoms with Gasteiger partial charge in [0.2, 0.25) is 6.29 Å². The van der Waals surface area contributed by atoms with Crippen molar-refractivity contribution in [3.63, 3.8) is 0 Å². The molecule has 0 radical (unpaired) electrons. The van der Waals surface area contributed by atoms with Crippen LogP contribution in [0.4, 0.5) is 0 Å². The lowest BCUT2D eigenvalue weighted by Gasteiger charge is -2.39. The first-order chi connectivity index (χ1) is 15.2. The fourth-order valence-corrected chi connectivity index (χ4v) is 3.43. The molecule has 0 unspecified atom stereocenters. The minimum Gasteiger partial charge on any atom is -0.504 e. The molecule has 2 aliphatic heterocycles. The number of hydrogen-bond donors (Lipinski definition) is 7. The van der Waals surface area contributed by atoms with Crippen molar-refractivity contribution in [2.24, 2.45) is 0 Å². The molecule has 1 aromatic carbocycles. The van der Waals surface area contributed by atoms with E-state index in [0.29, 0.717) is 0 Å². The van der Waals surface area contributed by atoms with Crippen molar-refractivity contribution < 1.29 is 49.6 Å². The maximum absolute atomic E-state index is 12.2. The lowest BCUT2D eigenvalue weighted by atomic mass is 9.99. The molecule has 0 bridgehead atoms. The molecular weight excluding hydrogens is 428 g/mol. The molecule has 11 nitrogen and oxygen atoms in total. The van der Waals surface area contributed by atoms with E-state index in [1.807, 2.05) is 0 Å². The van der Waals surface area contributed by atoms with Crippen LogP contribution in [0.1, 0.15) is 0 Å². The van der Waals surface area contributed by atoms with Gasteiger partial charge in [0.25, 0.3) is 0 Å². The van der Waals surface area contributed by atoms with Gasteiger partial charge in [0.15, 0.2) is 28.4 Å². The first kappa shape index (κ1) is 21.9. The lowest BCUT2D eigenvalue weighted by Crippen LogP contribution is -2.60. The standard InChI is InChI=1S/C21H20O11/c22-7-16-17(27)18(28)19(29)21(32-16)31-15-5-9(23)4-14-10(15)6-13(26)20(30-14)8-1-2-11(24)12(25)3-8/h1-6,16-19,21-22,24-29H,7H2/t16-,17-,18+,19-,21-/m1/s1. The third-order valence-corrected chi connectivity index (χ3v) is 5.13. The van der Waals surface area contributed by atoms with Crippen LogP contribution in [0.15, 0.2) is 45.6 Å². The molecule has 0 saturated carbocycles. The molecule has 1 aliphatic carbocycles. The van der Waals surface area contributed by atoms with Gasteiger partial charge in [0.1, 0.15) is 35.9 Å². The minimum absolute atomic E-state index is 0.0162. The van der Waals surface area contributed by atoms with Gasteiger partial charge in [-0.25, -0.2) is 0 Å². The van der Waals surface area contributed by atoms with Crippen molar-refractivity contribution in [2.75, 3.05) is 6.61 Å². The van der Waals surface area contributed by atoms with E-state index in [1.165, 1.54) is 18.2 Å². The average molecular weight is 448 g/mol. The van der Waals surface area contributed by atoms with Crippen LogP contribution < -0.4 is 10.2 Å². The van der Waals surface area contributed by atoms with E-state index in [0.717, 1.165) is 18.2 Å². The molecule has 11 heteroatoms. The Kier molecular flexibility index (Phi) is 5.67. The monoisotopic (exact) mass is 448 g/mol. The topological polar surface area (TPSA) is 190 Å². The van der Waals surface area contributed by atoms with Crippen molar-refractivity contribution >= 4 is 0 Å². The zero-order valence-corrected chi connectivity index (χ0v) is 16.3. The summed E-state index contributed by atoms with van der Waals surface area (Å²) < 4.78 is 16.5. The summed E-state index contributed by atoms with van der Waals surface area (Å²) in [4.78, 5) is 12.2. The van der Waals surface area contributed by atoms with E-state index in [-0.39, 0.29) is 39.9 Å². The molecule has 0 aromatic heterocycles. The van der Waals surface area contributed by atoms with Crippen molar-refractivity contribution in [1.29, 1.82) is 0 Å². The molecule has 0 amide bonds. The highest BCUT2D eigenvalue weighted by atomic mass is 16.7. The van der Waals surface area contributed by atoms with E-state index < -0.39 is 48.5 Å². The molecule has 0 spiro atoms. The Balaban J connectivity index is 1.74. The maximum atomic E-state index is 12.2. The van der Waals surface area contributed by atoms with Crippen LogP contribution in [0.5, 0.6) is 23.0 Å². The van der Waals surface area contributed by atoms with Crippen LogP contribution in [0.3, 0.4) is 0 Å². The lowest BCUT2D eigenvalue weighted by molar-refractivity contribution is -0.277. The number of aromatic hydroxyl groups is 3. The van der Waals surface area contributed by atoms with E-state index in [2.05, 4.69) is 0 Å². The Hall–Kier alpha value is -3.35. The fourth-order valence-electron chi connectivity index (χ4n) is 3.43. The highest BCUT2D eigenvalue weighted by molar-refractivity contribution is 5.75. The zero-order chi connectivity index (χ0) is 23.2. The number of ether oxygens (including phenoxy) is 2. The highest BCUT2D eigenvalue weighted by Gasteiger charge is 2.45. The largest absolute Gasteiger partial charge is 0.504 e.